The molecule has 2 aromatic heterocycles. The Balaban J connectivity index is 1.54. The van der Waals surface area contributed by atoms with Crippen LogP contribution >= 0.6 is 0 Å². The van der Waals surface area contributed by atoms with E-state index in [1.54, 1.807) is 12.4 Å². The lowest BCUT2D eigenvalue weighted by atomic mass is 9.62. The molecule has 7 nitrogen and oxygen atoms in total. The summed E-state index contributed by atoms with van der Waals surface area (Å²) in [5.74, 6) is 1.06. The van der Waals surface area contributed by atoms with Gasteiger partial charge in [-0.3, -0.25) is 4.98 Å². The zero-order valence-corrected chi connectivity index (χ0v) is 21.2. The molecule has 5 rings (SSSR count). The molecule has 1 aliphatic heterocycles. The quantitative estimate of drug-likeness (QED) is 0.537. The van der Waals surface area contributed by atoms with Crippen molar-refractivity contribution in [2.24, 2.45) is 5.41 Å². The van der Waals surface area contributed by atoms with E-state index in [1.807, 2.05) is 18.2 Å². The highest BCUT2D eigenvalue weighted by molar-refractivity contribution is 5.56. The van der Waals surface area contributed by atoms with Gasteiger partial charge in [-0.1, -0.05) is 69.5 Å². The summed E-state index contributed by atoms with van der Waals surface area (Å²) in [7, 11) is 2.07. The van der Waals surface area contributed by atoms with Crippen LogP contribution in [0.25, 0.3) is 11.4 Å². The molecular weight excluding hydrogens is 440 g/mol. The molecule has 1 atom stereocenters. The average molecular weight is 477 g/mol. The summed E-state index contributed by atoms with van der Waals surface area (Å²) in [6.07, 6.45) is 7.68. The van der Waals surface area contributed by atoms with Gasteiger partial charge in [0, 0.05) is 42.0 Å². The number of nitrogens with zero attached hydrogens (tertiary/aromatic N) is 4. The minimum Gasteiger partial charge on any atom is -0.380 e. The van der Waals surface area contributed by atoms with E-state index >= 15 is 0 Å². The second-order valence-corrected chi connectivity index (χ2v) is 11.2. The Hall–Kier alpha value is -2.61. The summed E-state index contributed by atoms with van der Waals surface area (Å²) in [6.45, 7) is 7.98. The molecule has 0 radical (unpaired) electrons. The Morgan fingerprint density at radius 3 is 2.34 bits per heavy atom. The number of benzene rings is 1. The fourth-order valence-corrected chi connectivity index (χ4v) is 5.99. The number of hydrogen-bond acceptors (Lipinski definition) is 7. The van der Waals surface area contributed by atoms with Gasteiger partial charge in [-0.05, 0) is 43.0 Å². The molecule has 1 saturated carbocycles. The van der Waals surface area contributed by atoms with Crippen LogP contribution < -0.4 is 0 Å². The van der Waals surface area contributed by atoms with E-state index in [-0.39, 0.29) is 11.3 Å². The highest BCUT2D eigenvalue weighted by Gasteiger charge is 2.55. The minimum absolute atomic E-state index is 0.268. The predicted molar refractivity (Wildman–Crippen MR) is 134 cm³/mol. The summed E-state index contributed by atoms with van der Waals surface area (Å²) in [5, 5.41) is 27.6. The monoisotopic (exact) mass is 476 g/mol. The van der Waals surface area contributed by atoms with Crippen molar-refractivity contribution in [1.82, 2.24) is 20.0 Å². The van der Waals surface area contributed by atoms with E-state index in [9.17, 15) is 10.2 Å². The first-order valence-corrected chi connectivity index (χ1v) is 12.7. The summed E-state index contributed by atoms with van der Waals surface area (Å²) >= 11 is 0. The second-order valence-electron chi connectivity index (χ2n) is 11.2. The third kappa shape index (κ3) is 4.09. The molecular formula is C28H36N4O3. The first-order valence-electron chi connectivity index (χ1n) is 12.7. The van der Waals surface area contributed by atoms with Crippen molar-refractivity contribution in [3.63, 3.8) is 0 Å². The molecule has 0 amide bonds. The van der Waals surface area contributed by atoms with Crippen LogP contribution in [0.3, 0.4) is 0 Å². The Labute approximate surface area is 207 Å². The van der Waals surface area contributed by atoms with Crippen LogP contribution in [0.4, 0.5) is 0 Å². The molecule has 3 aromatic rings. The Kier molecular flexibility index (Phi) is 6.06. The summed E-state index contributed by atoms with van der Waals surface area (Å²) in [6, 6.07) is 10.2. The first-order chi connectivity index (χ1) is 16.6. The van der Waals surface area contributed by atoms with E-state index < -0.39 is 11.2 Å². The number of pyridine rings is 1. The Morgan fingerprint density at radius 1 is 1.03 bits per heavy atom. The van der Waals surface area contributed by atoms with Crippen LogP contribution in [0.1, 0.15) is 81.4 Å². The molecule has 1 aromatic carbocycles. The van der Waals surface area contributed by atoms with Crippen molar-refractivity contribution in [2.75, 3.05) is 20.1 Å². The molecule has 1 saturated heterocycles. The summed E-state index contributed by atoms with van der Waals surface area (Å²) < 4.78 is 5.51. The average Bonchev–Trinajstić information content (AvgIpc) is 3.35. The largest absolute Gasteiger partial charge is 0.380 e. The molecule has 7 heteroatoms. The molecule has 2 aliphatic rings. The van der Waals surface area contributed by atoms with Gasteiger partial charge in [0.25, 0.3) is 5.89 Å². The third-order valence-corrected chi connectivity index (χ3v) is 8.03. The molecule has 35 heavy (non-hydrogen) atoms. The van der Waals surface area contributed by atoms with E-state index in [4.69, 9.17) is 4.52 Å². The van der Waals surface area contributed by atoms with Gasteiger partial charge in [-0.25, -0.2) is 0 Å². The topological polar surface area (TPSA) is 95.5 Å². The van der Waals surface area contributed by atoms with Gasteiger partial charge in [0.05, 0.1) is 0 Å². The number of likely N-dealkylation sites (tertiary alicyclic amines) is 1. The van der Waals surface area contributed by atoms with Crippen LogP contribution in [-0.2, 0) is 11.2 Å². The van der Waals surface area contributed by atoms with Crippen LogP contribution in [0, 0.1) is 5.41 Å². The highest BCUT2D eigenvalue weighted by Crippen LogP contribution is 2.50. The Bertz CT molecular complexity index is 1180. The fourth-order valence-electron chi connectivity index (χ4n) is 5.99. The van der Waals surface area contributed by atoms with Crippen LogP contribution in [0.15, 0.2) is 47.2 Å². The lowest BCUT2D eigenvalue weighted by molar-refractivity contribution is -0.127. The van der Waals surface area contributed by atoms with Gasteiger partial charge in [0.15, 0.2) is 0 Å². The first kappa shape index (κ1) is 24.1. The molecule has 0 bridgehead atoms. The predicted octanol–water partition coefficient (Wildman–Crippen LogP) is 4.59. The molecule has 186 valence electrons. The lowest BCUT2D eigenvalue weighted by Gasteiger charge is -2.55. The number of aromatic nitrogens is 3. The van der Waals surface area contributed by atoms with Crippen molar-refractivity contribution in [3.05, 3.63) is 65.3 Å². The normalized spacial score (nSPS) is 21.5. The van der Waals surface area contributed by atoms with E-state index in [0.29, 0.717) is 35.7 Å². The molecule has 0 spiro atoms. The maximum absolute atomic E-state index is 12.4. The van der Waals surface area contributed by atoms with Crippen LogP contribution in [0.2, 0.25) is 0 Å². The zero-order valence-electron chi connectivity index (χ0n) is 21.2. The van der Waals surface area contributed by atoms with Crippen molar-refractivity contribution in [1.29, 1.82) is 0 Å². The highest BCUT2D eigenvalue weighted by atomic mass is 16.5. The zero-order chi connectivity index (χ0) is 24.8. The summed E-state index contributed by atoms with van der Waals surface area (Å²) in [4.78, 5) is 11.2. The van der Waals surface area contributed by atoms with Gasteiger partial charge >= 0.3 is 0 Å². The molecule has 2 N–H and O–H groups in total. The maximum atomic E-state index is 12.4. The fraction of sp³-hybridized carbons (Fsp3) is 0.536. The Morgan fingerprint density at radius 2 is 1.71 bits per heavy atom. The van der Waals surface area contributed by atoms with Gasteiger partial charge in [-0.2, -0.15) is 4.98 Å². The molecule has 1 aliphatic carbocycles. The lowest BCUT2D eigenvalue weighted by Crippen LogP contribution is -2.63. The van der Waals surface area contributed by atoms with E-state index in [0.717, 1.165) is 37.9 Å². The third-order valence-electron chi connectivity index (χ3n) is 8.03. The molecule has 2 fully saturated rings. The minimum atomic E-state index is -1.24. The second kappa shape index (κ2) is 8.80. The number of hydrogen-bond donors (Lipinski definition) is 2. The van der Waals surface area contributed by atoms with Gasteiger partial charge in [0.2, 0.25) is 5.82 Å². The van der Waals surface area contributed by atoms with Crippen molar-refractivity contribution >= 4 is 0 Å². The van der Waals surface area contributed by atoms with Crippen LogP contribution in [-0.4, -0.2) is 50.4 Å². The van der Waals surface area contributed by atoms with E-state index in [2.05, 4.69) is 60.0 Å². The number of aliphatic hydroxyl groups is 2. The van der Waals surface area contributed by atoms with E-state index in [1.165, 1.54) is 5.56 Å². The van der Waals surface area contributed by atoms with Crippen molar-refractivity contribution in [3.8, 4) is 11.4 Å². The summed E-state index contributed by atoms with van der Waals surface area (Å²) in [5.41, 5.74) is 0.752. The van der Waals surface area contributed by atoms with Crippen LogP contribution in [0.5, 0.6) is 0 Å². The standard InChI is InChI=1S/C28H36N4O3/c1-19(2)20-8-10-22(11-9-20)28(34,26(3)17-32(4)18-26)23-14-21(15-29-16-23)24-30-25(35-31-24)27(33)12-6-5-7-13-27/h8-11,14-16,19,33-34H,5-7,12-13,17-18H2,1-4H3. The van der Waals surface area contributed by atoms with Gasteiger partial charge in [0.1, 0.15) is 11.2 Å². The SMILES string of the molecule is CC(C)c1ccc(C(O)(c2cncc(-c3noc(C4(O)CCCCC4)n3)c2)C2(C)CN(C)C2)cc1. The van der Waals surface area contributed by atoms with Gasteiger partial charge in [-0.15, -0.1) is 0 Å². The molecule has 3 heterocycles. The molecule has 1 unspecified atom stereocenters. The maximum Gasteiger partial charge on any atom is 0.258 e. The smallest absolute Gasteiger partial charge is 0.258 e. The van der Waals surface area contributed by atoms with Crippen molar-refractivity contribution < 1.29 is 14.7 Å². The van der Waals surface area contributed by atoms with Gasteiger partial charge < -0.3 is 19.6 Å². The van der Waals surface area contributed by atoms with Crippen molar-refractivity contribution in [2.45, 2.75) is 70.0 Å². The number of rotatable bonds is 6.